The second-order valence-corrected chi connectivity index (χ2v) is 5.30. The van der Waals surface area contributed by atoms with E-state index in [9.17, 15) is 13.6 Å². The molecule has 0 aliphatic rings. The summed E-state index contributed by atoms with van der Waals surface area (Å²) in [5.74, 6) is -0.0423. The summed E-state index contributed by atoms with van der Waals surface area (Å²) in [7, 11) is 0. The predicted molar refractivity (Wildman–Crippen MR) is 86.8 cm³/mol. The lowest BCUT2D eigenvalue weighted by atomic mass is 10.0. The van der Waals surface area contributed by atoms with Gasteiger partial charge in [0.2, 0.25) is 5.91 Å². The fraction of sp³-hybridized carbons (Fsp3) is 0.333. The Morgan fingerprint density at radius 1 is 1.21 bits per heavy atom. The molecule has 1 aromatic heterocycles. The van der Waals surface area contributed by atoms with Crippen LogP contribution in [-0.4, -0.2) is 17.5 Å². The van der Waals surface area contributed by atoms with Crippen LogP contribution >= 0.6 is 0 Å². The number of aromatic nitrogens is 1. The molecule has 128 valence electrons. The normalized spacial score (nSPS) is 12.0. The Morgan fingerprint density at radius 2 is 1.92 bits per heavy atom. The van der Waals surface area contributed by atoms with Crippen molar-refractivity contribution in [3.8, 4) is 5.75 Å². The Balaban J connectivity index is 2.00. The van der Waals surface area contributed by atoms with Crippen LogP contribution in [0.2, 0.25) is 0 Å². The number of hydrogen-bond donors (Lipinski definition) is 1. The summed E-state index contributed by atoms with van der Waals surface area (Å²) in [5, 5.41) is 2.89. The van der Waals surface area contributed by atoms with Gasteiger partial charge in [-0.3, -0.25) is 9.78 Å². The van der Waals surface area contributed by atoms with Crippen LogP contribution in [0.15, 0.2) is 48.8 Å². The van der Waals surface area contributed by atoms with Crippen LogP contribution in [0.1, 0.15) is 36.9 Å². The van der Waals surface area contributed by atoms with Gasteiger partial charge in [0.25, 0.3) is 0 Å². The first-order valence-corrected chi connectivity index (χ1v) is 7.82. The lowest BCUT2D eigenvalue weighted by molar-refractivity contribution is -0.121. The van der Waals surface area contributed by atoms with E-state index in [1.165, 1.54) is 6.07 Å². The molecule has 0 bridgehead atoms. The third-order valence-corrected chi connectivity index (χ3v) is 3.64. The third-order valence-electron chi connectivity index (χ3n) is 3.64. The Bertz CT molecular complexity index is 650. The largest absolute Gasteiger partial charge is 0.434 e. The smallest absolute Gasteiger partial charge is 0.387 e. The zero-order valence-electron chi connectivity index (χ0n) is 13.4. The topological polar surface area (TPSA) is 51.2 Å². The van der Waals surface area contributed by atoms with E-state index >= 15 is 0 Å². The molecule has 1 amide bonds. The van der Waals surface area contributed by atoms with Gasteiger partial charge in [-0.2, -0.15) is 8.78 Å². The van der Waals surface area contributed by atoms with Crippen LogP contribution in [0.4, 0.5) is 8.78 Å². The molecule has 0 fully saturated rings. The molecule has 1 aromatic carbocycles. The first-order valence-electron chi connectivity index (χ1n) is 7.82. The first kappa shape index (κ1) is 17.8. The lowest BCUT2D eigenvalue weighted by Gasteiger charge is -2.20. The third kappa shape index (κ3) is 5.30. The number of aryl methyl sites for hydroxylation is 1. The first-order chi connectivity index (χ1) is 11.6. The van der Waals surface area contributed by atoms with Gasteiger partial charge >= 0.3 is 6.61 Å². The van der Waals surface area contributed by atoms with E-state index in [0.29, 0.717) is 24.8 Å². The quantitative estimate of drug-likeness (QED) is 0.797. The van der Waals surface area contributed by atoms with Crippen molar-refractivity contribution in [1.29, 1.82) is 0 Å². The van der Waals surface area contributed by atoms with Gasteiger partial charge in [-0.25, -0.2) is 0 Å². The number of carbonyl (C=O) groups is 1. The van der Waals surface area contributed by atoms with Crippen LogP contribution in [0.25, 0.3) is 0 Å². The molecular weight excluding hydrogens is 314 g/mol. The Hall–Kier alpha value is -2.50. The molecule has 24 heavy (non-hydrogen) atoms. The molecule has 0 saturated heterocycles. The molecule has 2 rings (SSSR count). The number of alkyl halides is 2. The van der Waals surface area contributed by atoms with Gasteiger partial charge in [-0.1, -0.05) is 25.1 Å². The van der Waals surface area contributed by atoms with Gasteiger partial charge in [0.05, 0.1) is 6.04 Å². The number of carbonyl (C=O) groups excluding carboxylic acids is 1. The maximum absolute atomic E-state index is 12.5. The standard InChI is InChI=1S/C18H20F2N2O2/c1-2-15(14-5-3-4-6-16(14)24-18(19)20)22-17(23)8-7-13-9-11-21-12-10-13/h3-6,9-12,15,18H,2,7-8H2,1H3,(H,22,23). The van der Waals surface area contributed by atoms with Gasteiger partial charge in [0, 0.05) is 24.4 Å². The summed E-state index contributed by atoms with van der Waals surface area (Å²) in [6, 6.07) is 9.87. The van der Waals surface area contributed by atoms with Crippen LogP contribution in [-0.2, 0) is 11.2 Å². The van der Waals surface area contributed by atoms with Gasteiger partial charge in [0.1, 0.15) is 5.75 Å². The Labute approximate surface area is 139 Å². The molecular formula is C18H20F2N2O2. The molecule has 1 N–H and O–H groups in total. The highest BCUT2D eigenvalue weighted by Gasteiger charge is 2.18. The van der Waals surface area contributed by atoms with Crippen molar-refractivity contribution in [3.63, 3.8) is 0 Å². The van der Waals surface area contributed by atoms with E-state index < -0.39 is 6.61 Å². The second kappa shape index (κ2) is 8.96. The highest BCUT2D eigenvalue weighted by Crippen LogP contribution is 2.28. The fourth-order valence-electron chi connectivity index (χ4n) is 2.45. The number of nitrogens with one attached hydrogen (secondary N) is 1. The molecule has 1 unspecified atom stereocenters. The molecule has 0 spiro atoms. The molecule has 0 radical (unpaired) electrons. The number of nitrogens with zero attached hydrogens (tertiary/aromatic N) is 1. The molecule has 2 aromatic rings. The second-order valence-electron chi connectivity index (χ2n) is 5.30. The molecule has 0 aliphatic carbocycles. The van der Waals surface area contributed by atoms with Gasteiger partial charge < -0.3 is 10.1 Å². The monoisotopic (exact) mass is 334 g/mol. The number of ether oxygens (including phenoxy) is 1. The summed E-state index contributed by atoms with van der Waals surface area (Å²) in [6.45, 7) is -1.02. The molecule has 0 saturated carbocycles. The number of rotatable bonds is 8. The van der Waals surface area contributed by atoms with E-state index in [1.54, 1.807) is 30.6 Å². The van der Waals surface area contributed by atoms with Gasteiger partial charge in [-0.15, -0.1) is 0 Å². The lowest BCUT2D eigenvalue weighted by Crippen LogP contribution is -2.28. The summed E-state index contributed by atoms with van der Waals surface area (Å²) >= 11 is 0. The van der Waals surface area contributed by atoms with Crippen molar-refractivity contribution in [2.24, 2.45) is 0 Å². The molecule has 0 aliphatic heterocycles. The SMILES string of the molecule is CCC(NC(=O)CCc1ccncc1)c1ccccc1OC(F)F. The van der Waals surface area contributed by atoms with Crippen molar-refractivity contribution in [2.45, 2.75) is 38.8 Å². The van der Waals surface area contributed by atoms with Crippen molar-refractivity contribution in [2.75, 3.05) is 0 Å². The fourth-order valence-corrected chi connectivity index (χ4v) is 2.45. The average Bonchev–Trinajstić information content (AvgIpc) is 2.59. The van der Waals surface area contributed by atoms with Crippen molar-refractivity contribution in [3.05, 3.63) is 59.9 Å². The molecule has 4 nitrogen and oxygen atoms in total. The minimum absolute atomic E-state index is 0.0915. The number of benzene rings is 1. The predicted octanol–water partition coefficient (Wildman–Crippen LogP) is 3.88. The van der Waals surface area contributed by atoms with Crippen molar-refractivity contribution >= 4 is 5.91 Å². The minimum Gasteiger partial charge on any atom is -0.434 e. The van der Waals surface area contributed by atoms with E-state index in [-0.39, 0.29) is 17.7 Å². The maximum Gasteiger partial charge on any atom is 0.387 e. The molecule has 1 atom stereocenters. The van der Waals surface area contributed by atoms with E-state index in [2.05, 4.69) is 15.0 Å². The van der Waals surface area contributed by atoms with Crippen LogP contribution in [0, 0.1) is 0 Å². The minimum atomic E-state index is -2.90. The Morgan fingerprint density at radius 3 is 2.58 bits per heavy atom. The number of amides is 1. The van der Waals surface area contributed by atoms with E-state index in [1.807, 2.05) is 19.1 Å². The summed E-state index contributed by atoms with van der Waals surface area (Å²) in [4.78, 5) is 16.1. The maximum atomic E-state index is 12.5. The highest BCUT2D eigenvalue weighted by molar-refractivity contribution is 5.76. The number of halogens is 2. The van der Waals surface area contributed by atoms with Crippen LogP contribution in [0.5, 0.6) is 5.75 Å². The Kier molecular flexibility index (Phi) is 6.66. The van der Waals surface area contributed by atoms with Crippen LogP contribution < -0.4 is 10.1 Å². The molecule has 6 heteroatoms. The average molecular weight is 334 g/mol. The van der Waals surface area contributed by atoms with E-state index in [4.69, 9.17) is 0 Å². The summed E-state index contributed by atoms with van der Waals surface area (Å²) in [6.07, 6.45) is 4.85. The molecule has 1 heterocycles. The summed E-state index contributed by atoms with van der Waals surface area (Å²) in [5.41, 5.74) is 1.58. The van der Waals surface area contributed by atoms with Crippen LogP contribution in [0.3, 0.4) is 0 Å². The highest BCUT2D eigenvalue weighted by atomic mass is 19.3. The zero-order valence-corrected chi connectivity index (χ0v) is 13.4. The number of para-hydroxylation sites is 1. The van der Waals surface area contributed by atoms with Crippen molar-refractivity contribution in [1.82, 2.24) is 10.3 Å². The van der Waals surface area contributed by atoms with Crippen molar-refractivity contribution < 1.29 is 18.3 Å². The zero-order chi connectivity index (χ0) is 17.4. The van der Waals surface area contributed by atoms with Gasteiger partial charge in [-0.05, 0) is 36.6 Å². The van der Waals surface area contributed by atoms with Gasteiger partial charge in [0.15, 0.2) is 0 Å². The summed E-state index contributed by atoms with van der Waals surface area (Å²) < 4.78 is 29.6. The number of pyridine rings is 1. The number of hydrogen-bond acceptors (Lipinski definition) is 3. The van der Waals surface area contributed by atoms with E-state index in [0.717, 1.165) is 5.56 Å².